The number of carbonyl (C=O) groups excluding carboxylic acids is 2. The van der Waals surface area contributed by atoms with Crippen LogP contribution in [0.3, 0.4) is 0 Å². The molecule has 0 radical (unpaired) electrons. The maximum Gasteiger partial charge on any atom is 0.410 e. The number of benzene rings is 1. The van der Waals surface area contributed by atoms with E-state index in [1.807, 2.05) is 62.9 Å². The number of amides is 2. The SMILES string of the molecule is Cc1nc2ccccc2cc1C(=O)N1CCC(N(C)C(=O)OC(C)(C)C)CC1. The quantitative estimate of drug-likeness (QED) is 0.786. The Morgan fingerprint density at radius 2 is 1.82 bits per heavy atom. The van der Waals surface area contributed by atoms with Gasteiger partial charge < -0.3 is 14.5 Å². The van der Waals surface area contributed by atoms with Crippen LogP contribution in [0.5, 0.6) is 0 Å². The number of carbonyl (C=O) groups is 2. The number of hydrogen-bond donors (Lipinski definition) is 0. The van der Waals surface area contributed by atoms with Crippen molar-refractivity contribution in [2.24, 2.45) is 0 Å². The van der Waals surface area contributed by atoms with Crippen molar-refractivity contribution >= 4 is 22.9 Å². The molecule has 1 aromatic heterocycles. The van der Waals surface area contributed by atoms with Crippen LogP contribution in [0.2, 0.25) is 0 Å². The van der Waals surface area contributed by atoms with Crippen molar-refractivity contribution in [3.05, 3.63) is 41.6 Å². The minimum atomic E-state index is -0.511. The Kier molecular flexibility index (Phi) is 5.59. The lowest BCUT2D eigenvalue weighted by Crippen LogP contribution is -2.48. The molecule has 1 aromatic carbocycles. The predicted octanol–water partition coefficient (Wildman–Crippen LogP) is 4.01. The zero-order chi connectivity index (χ0) is 20.5. The Morgan fingerprint density at radius 3 is 2.46 bits per heavy atom. The van der Waals surface area contributed by atoms with Gasteiger partial charge in [-0.2, -0.15) is 0 Å². The summed E-state index contributed by atoms with van der Waals surface area (Å²) in [5.41, 5.74) is 1.78. The van der Waals surface area contributed by atoms with E-state index in [0.29, 0.717) is 18.7 Å². The first kappa shape index (κ1) is 20.1. The highest BCUT2D eigenvalue weighted by molar-refractivity contribution is 5.98. The Bertz CT molecular complexity index is 880. The van der Waals surface area contributed by atoms with Gasteiger partial charge in [0.15, 0.2) is 0 Å². The number of nitrogens with zero attached hydrogens (tertiary/aromatic N) is 3. The normalized spacial score (nSPS) is 15.5. The van der Waals surface area contributed by atoms with Gasteiger partial charge in [0.2, 0.25) is 0 Å². The molecule has 3 rings (SSSR count). The standard InChI is InChI=1S/C22H29N3O3/c1-15-18(14-16-8-6-7-9-19(16)23-15)20(26)25-12-10-17(11-13-25)24(5)21(27)28-22(2,3)4/h6-9,14,17H,10-13H2,1-5H3. The molecule has 2 amide bonds. The maximum atomic E-state index is 13.0. The average molecular weight is 383 g/mol. The van der Waals surface area contributed by atoms with Crippen molar-refractivity contribution in [2.45, 2.75) is 52.2 Å². The van der Waals surface area contributed by atoms with E-state index in [1.54, 1.807) is 11.9 Å². The summed E-state index contributed by atoms with van der Waals surface area (Å²) in [7, 11) is 1.77. The largest absolute Gasteiger partial charge is 0.444 e. The topological polar surface area (TPSA) is 62.7 Å². The van der Waals surface area contributed by atoms with Crippen LogP contribution in [0.15, 0.2) is 30.3 Å². The zero-order valence-corrected chi connectivity index (χ0v) is 17.4. The third-order valence-corrected chi connectivity index (χ3v) is 5.13. The molecule has 0 bridgehead atoms. The van der Waals surface area contributed by atoms with Gasteiger partial charge in [-0.1, -0.05) is 18.2 Å². The van der Waals surface area contributed by atoms with Crippen molar-refractivity contribution in [3.63, 3.8) is 0 Å². The van der Waals surface area contributed by atoms with Crippen LogP contribution in [0.4, 0.5) is 4.79 Å². The van der Waals surface area contributed by atoms with Crippen LogP contribution in [0.25, 0.3) is 10.9 Å². The smallest absolute Gasteiger partial charge is 0.410 e. The number of aryl methyl sites for hydroxylation is 1. The van der Waals surface area contributed by atoms with E-state index in [4.69, 9.17) is 4.74 Å². The second kappa shape index (κ2) is 7.78. The van der Waals surface area contributed by atoms with E-state index >= 15 is 0 Å². The highest BCUT2D eigenvalue weighted by atomic mass is 16.6. The molecule has 0 aliphatic carbocycles. The van der Waals surface area contributed by atoms with E-state index in [-0.39, 0.29) is 18.0 Å². The fraction of sp³-hybridized carbons (Fsp3) is 0.500. The summed E-state index contributed by atoms with van der Waals surface area (Å²) in [5.74, 6) is 0.00845. The third-order valence-electron chi connectivity index (χ3n) is 5.13. The Morgan fingerprint density at radius 1 is 1.18 bits per heavy atom. The molecule has 6 heteroatoms. The van der Waals surface area contributed by atoms with Gasteiger partial charge >= 0.3 is 6.09 Å². The highest BCUT2D eigenvalue weighted by Crippen LogP contribution is 2.22. The molecule has 28 heavy (non-hydrogen) atoms. The second-order valence-electron chi connectivity index (χ2n) is 8.43. The summed E-state index contributed by atoms with van der Waals surface area (Å²) in [6.45, 7) is 8.69. The van der Waals surface area contributed by atoms with Gasteiger partial charge in [-0.15, -0.1) is 0 Å². The molecule has 1 saturated heterocycles. The number of pyridine rings is 1. The Labute approximate surface area is 166 Å². The molecular weight excluding hydrogens is 354 g/mol. The van der Waals surface area contributed by atoms with Crippen molar-refractivity contribution in [3.8, 4) is 0 Å². The van der Waals surface area contributed by atoms with Crippen LogP contribution in [-0.2, 0) is 4.74 Å². The number of likely N-dealkylation sites (tertiary alicyclic amines) is 1. The summed E-state index contributed by atoms with van der Waals surface area (Å²) in [6, 6.07) is 9.83. The Balaban J connectivity index is 1.66. The van der Waals surface area contributed by atoms with Gasteiger partial charge in [-0.25, -0.2) is 4.79 Å². The first-order valence-electron chi connectivity index (χ1n) is 9.77. The van der Waals surface area contributed by atoms with E-state index in [2.05, 4.69) is 4.98 Å². The molecule has 2 aromatic rings. The molecule has 1 aliphatic rings. The molecule has 0 N–H and O–H groups in total. The molecule has 1 fully saturated rings. The number of aromatic nitrogens is 1. The molecule has 0 atom stereocenters. The van der Waals surface area contributed by atoms with Crippen LogP contribution < -0.4 is 0 Å². The number of piperidine rings is 1. The lowest BCUT2D eigenvalue weighted by atomic mass is 10.0. The third kappa shape index (κ3) is 4.43. The zero-order valence-electron chi connectivity index (χ0n) is 17.4. The summed E-state index contributed by atoms with van der Waals surface area (Å²) >= 11 is 0. The van der Waals surface area contributed by atoms with E-state index in [9.17, 15) is 9.59 Å². The lowest BCUT2D eigenvalue weighted by molar-refractivity contribution is 0.0156. The van der Waals surface area contributed by atoms with Crippen LogP contribution >= 0.6 is 0 Å². The minimum absolute atomic E-state index is 0.00845. The maximum absolute atomic E-state index is 13.0. The van der Waals surface area contributed by atoms with E-state index in [1.165, 1.54) is 0 Å². The summed E-state index contributed by atoms with van der Waals surface area (Å²) < 4.78 is 5.45. The molecule has 0 saturated carbocycles. The van der Waals surface area contributed by atoms with Gasteiger partial charge in [0.05, 0.1) is 16.8 Å². The summed E-state index contributed by atoms with van der Waals surface area (Å²) in [6.07, 6.45) is 1.16. The van der Waals surface area contributed by atoms with Gasteiger partial charge in [0.25, 0.3) is 5.91 Å². The fourth-order valence-corrected chi connectivity index (χ4v) is 3.54. The van der Waals surface area contributed by atoms with Gasteiger partial charge in [0, 0.05) is 31.6 Å². The monoisotopic (exact) mass is 383 g/mol. The number of ether oxygens (including phenoxy) is 1. The predicted molar refractivity (Wildman–Crippen MR) is 109 cm³/mol. The molecule has 150 valence electrons. The van der Waals surface area contributed by atoms with Gasteiger partial charge in [0.1, 0.15) is 5.60 Å². The molecule has 6 nitrogen and oxygen atoms in total. The van der Waals surface area contributed by atoms with Gasteiger partial charge in [-0.3, -0.25) is 9.78 Å². The molecule has 1 aliphatic heterocycles. The fourth-order valence-electron chi connectivity index (χ4n) is 3.54. The Hall–Kier alpha value is -2.63. The number of rotatable bonds is 2. The number of fused-ring (bicyclic) bond motifs is 1. The average Bonchev–Trinajstić information content (AvgIpc) is 2.65. The molecule has 0 unspecified atom stereocenters. The van der Waals surface area contributed by atoms with Crippen molar-refractivity contribution in [2.75, 3.05) is 20.1 Å². The highest BCUT2D eigenvalue weighted by Gasteiger charge is 2.30. The van der Waals surface area contributed by atoms with Crippen molar-refractivity contribution in [1.82, 2.24) is 14.8 Å². The van der Waals surface area contributed by atoms with Crippen molar-refractivity contribution in [1.29, 1.82) is 0 Å². The lowest BCUT2D eigenvalue weighted by Gasteiger charge is -2.37. The minimum Gasteiger partial charge on any atom is -0.444 e. The van der Waals surface area contributed by atoms with Crippen LogP contribution in [0.1, 0.15) is 49.7 Å². The number of para-hydroxylation sites is 1. The van der Waals surface area contributed by atoms with Crippen LogP contribution in [0, 0.1) is 6.92 Å². The van der Waals surface area contributed by atoms with Crippen LogP contribution in [-0.4, -0.2) is 58.6 Å². The molecule has 0 spiro atoms. The first-order valence-corrected chi connectivity index (χ1v) is 9.77. The molecular formula is C22H29N3O3. The van der Waals surface area contributed by atoms with Crippen molar-refractivity contribution < 1.29 is 14.3 Å². The number of hydrogen-bond acceptors (Lipinski definition) is 4. The van der Waals surface area contributed by atoms with E-state index in [0.717, 1.165) is 29.4 Å². The summed E-state index contributed by atoms with van der Waals surface area (Å²) in [5, 5.41) is 0.969. The summed E-state index contributed by atoms with van der Waals surface area (Å²) in [4.78, 5) is 33.4. The molecule has 2 heterocycles. The van der Waals surface area contributed by atoms with E-state index < -0.39 is 5.60 Å². The second-order valence-corrected chi connectivity index (χ2v) is 8.43. The first-order chi connectivity index (χ1) is 13.2. The van der Waals surface area contributed by atoms with Gasteiger partial charge in [-0.05, 0) is 52.7 Å².